The summed E-state index contributed by atoms with van der Waals surface area (Å²) in [5.74, 6) is 2.08. The van der Waals surface area contributed by atoms with Gasteiger partial charge < -0.3 is 19.1 Å². The van der Waals surface area contributed by atoms with E-state index in [1.165, 1.54) is 32.9 Å². The van der Waals surface area contributed by atoms with E-state index in [2.05, 4.69) is 11.8 Å². The van der Waals surface area contributed by atoms with Crippen LogP contribution >= 0.6 is 12.4 Å². The summed E-state index contributed by atoms with van der Waals surface area (Å²) in [6.45, 7) is 8.95. The number of likely N-dealkylation sites (tertiary alicyclic amines) is 1. The van der Waals surface area contributed by atoms with Crippen molar-refractivity contribution in [1.29, 1.82) is 0 Å². The van der Waals surface area contributed by atoms with E-state index in [1.807, 2.05) is 0 Å². The van der Waals surface area contributed by atoms with Gasteiger partial charge in [0, 0.05) is 12.1 Å². The Balaban J connectivity index is 0.00000312. The van der Waals surface area contributed by atoms with Gasteiger partial charge in [-0.3, -0.25) is 4.79 Å². The van der Waals surface area contributed by atoms with E-state index in [1.54, 1.807) is 25.3 Å². The van der Waals surface area contributed by atoms with Crippen molar-refractivity contribution in [3.8, 4) is 11.5 Å². The zero-order valence-electron chi connectivity index (χ0n) is 15.5. The minimum Gasteiger partial charge on any atom is -0.493 e. The van der Waals surface area contributed by atoms with Crippen LogP contribution in [0.4, 0.5) is 0 Å². The molecule has 0 atom stereocenters. The van der Waals surface area contributed by atoms with Gasteiger partial charge in [-0.15, -0.1) is 12.4 Å². The Hall–Kier alpha value is -1.30. The Morgan fingerprint density at radius 3 is 2.52 bits per heavy atom. The summed E-state index contributed by atoms with van der Waals surface area (Å²) in [5, 5.41) is 0. The predicted octanol–water partition coefficient (Wildman–Crippen LogP) is 3.45. The molecule has 5 nitrogen and oxygen atoms in total. The zero-order valence-corrected chi connectivity index (χ0v) is 16.3. The number of ether oxygens (including phenoxy) is 3. The lowest BCUT2D eigenvalue weighted by molar-refractivity contribution is 0.0703. The van der Waals surface area contributed by atoms with E-state index in [-0.39, 0.29) is 18.2 Å². The van der Waals surface area contributed by atoms with Gasteiger partial charge in [0.1, 0.15) is 6.61 Å². The minimum absolute atomic E-state index is 0. The summed E-state index contributed by atoms with van der Waals surface area (Å²) < 4.78 is 16.6. The molecule has 1 aliphatic rings. The van der Waals surface area contributed by atoms with Crippen LogP contribution in [0.5, 0.6) is 11.5 Å². The molecule has 2 rings (SSSR count). The molecule has 0 radical (unpaired) electrons. The number of halogens is 1. The van der Waals surface area contributed by atoms with Gasteiger partial charge >= 0.3 is 0 Å². The highest BCUT2D eigenvalue weighted by molar-refractivity contribution is 5.94. The summed E-state index contributed by atoms with van der Waals surface area (Å²) in [6.07, 6.45) is 2.58. The number of carbonyl (C=O) groups is 1. The van der Waals surface area contributed by atoms with Gasteiger partial charge in [0.2, 0.25) is 0 Å². The van der Waals surface area contributed by atoms with Gasteiger partial charge in [-0.05, 0) is 57.0 Å². The SMILES string of the molecule is COc1cc(C(C)=O)ccc1OCCOCCN1CCC(C)CC1.Cl. The second-order valence-electron chi connectivity index (χ2n) is 6.41. The van der Waals surface area contributed by atoms with Gasteiger partial charge in [0.25, 0.3) is 0 Å². The molecule has 142 valence electrons. The second-order valence-corrected chi connectivity index (χ2v) is 6.41. The van der Waals surface area contributed by atoms with E-state index in [0.29, 0.717) is 30.3 Å². The molecule has 1 heterocycles. The second kappa shape index (κ2) is 11.3. The topological polar surface area (TPSA) is 48.0 Å². The first-order valence-corrected chi connectivity index (χ1v) is 8.72. The highest BCUT2D eigenvalue weighted by Crippen LogP contribution is 2.28. The number of Topliss-reactive ketones (excluding diaryl/α,β-unsaturated/α-hetero) is 1. The minimum atomic E-state index is 0. The van der Waals surface area contributed by atoms with Crippen LogP contribution in [0.1, 0.15) is 37.0 Å². The largest absolute Gasteiger partial charge is 0.493 e. The van der Waals surface area contributed by atoms with Crippen LogP contribution in [0.2, 0.25) is 0 Å². The van der Waals surface area contributed by atoms with E-state index in [9.17, 15) is 4.79 Å². The molecular formula is C19H30ClNO4. The monoisotopic (exact) mass is 371 g/mol. The number of benzene rings is 1. The van der Waals surface area contributed by atoms with Crippen molar-refractivity contribution in [2.45, 2.75) is 26.7 Å². The van der Waals surface area contributed by atoms with Crippen molar-refractivity contribution >= 4 is 18.2 Å². The Bertz CT molecular complexity index is 530. The molecule has 0 unspecified atom stereocenters. The molecule has 1 fully saturated rings. The molecule has 1 saturated heterocycles. The molecule has 1 aromatic rings. The Labute approximate surface area is 157 Å². The third-order valence-corrected chi connectivity index (χ3v) is 4.48. The molecule has 0 spiro atoms. The summed E-state index contributed by atoms with van der Waals surface area (Å²) in [4.78, 5) is 13.8. The average Bonchev–Trinajstić information content (AvgIpc) is 2.59. The van der Waals surface area contributed by atoms with Crippen LogP contribution in [-0.2, 0) is 4.74 Å². The number of hydrogen-bond acceptors (Lipinski definition) is 5. The van der Waals surface area contributed by atoms with Crippen molar-refractivity contribution in [2.75, 3.05) is 46.6 Å². The van der Waals surface area contributed by atoms with Crippen LogP contribution in [0.3, 0.4) is 0 Å². The molecular weight excluding hydrogens is 342 g/mol. The zero-order chi connectivity index (χ0) is 17.4. The molecule has 0 bridgehead atoms. The van der Waals surface area contributed by atoms with E-state index < -0.39 is 0 Å². The Morgan fingerprint density at radius 1 is 1.16 bits per heavy atom. The molecule has 0 aliphatic carbocycles. The molecule has 0 N–H and O–H groups in total. The molecule has 0 saturated carbocycles. The number of methoxy groups -OCH3 is 1. The molecule has 0 amide bonds. The van der Waals surface area contributed by atoms with Crippen LogP contribution in [-0.4, -0.2) is 57.2 Å². The summed E-state index contributed by atoms with van der Waals surface area (Å²) >= 11 is 0. The molecule has 1 aliphatic heterocycles. The highest BCUT2D eigenvalue weighted by Gasteiger charge is 2.14. The standard InChI is InChI=1S/C19H29NO4.ClH/c1-15-6-8-20(9-7-15)10-11-23-12-13-24-18-5-4-17(16(2)21)14-19(18)22-3;/h4-5,14-15H,6-13H2,1-3H3;1H. The van der Waals surface area contributed by atoms with Crippen LogP contribution < -0.4 is 9.47 Å². The maximum absolute atomic E-state index is 11.4. The van der Waals surface area contributed by atoms with Crippen molar-refractivity contribution < 1.29 is 19.0 Å². The number of carbonyl (C=O) groups excluding carboxylic acids is 1. The number of piperidine rings is 1. The van der Waals surface area contributed by atoms with Gasteiger partial charge in [-0.1, -0.05) is 6.92 Å². The van der Waals surface area contributed by atoms with E-state index in [0.717, 1.165) is 19.1 Å². The molecule has 0 aromatic heterocycles. The highest BCUT2D eigenvalue weighted by atomic mass is 35.5. The van der Waals surface area contributed by atoms with Crippen LogP contribution in [0.25, 0.3) is 0 Å². The Kier molecular flexibility index (Phi) is 9.86. The van der Waals surface area contributed by atoms with Gasteiger partial charge in [0.15, 0.2) is 17.3 Å². The first-order chi connectivity index (χ1) is 11.6. The summed E-state index contributed by atoms with van der Waals surface area (Å²) in [5.41, 5.74) is 0.617. The first-order valence-electron chi connectivity index (χ1n) is 8.72. The number of hydrogen-bond donors (Lipinski definition) is 0. The fourth-order valence-corrected chi connectivity index (χ4v) is 2.80. The van der Waals surface area contributed by atoms with Crippen molar-refractivity contribution in [3.63, 3.8) is 0 Å². The van der Waals surface area contributed by atoms with E-state index >= 15 is 0 Å². The van der Waals surface area contributed by atoms with Gasteiger partial charge in [0.05, 0.1) is 20.3 Å². The number of rotatable bonds is 9. The smallest absolute Gasteiger partial charge is 0.161 e. The van der Waals surface area contributed by atoms with Crippen molar-refractivity contribution in [2.24, 2.45) is 5.92 Å². The molecule has 6 heteroatoms. The lowest BCUT2D eigenvalue weighted by Gasteiger charge is -2.29. The quantitative estimate of drug-likeness (QED) is 0.491. The number of nitrogens with zero attached hydrogens (tertiary/aromatic N) is 1. The third kappa shape index (κ3) is 7.22. The maximum Gasteiger partial charge on any atom is 0.161 e. The normalized spacial score (nSPS) is 15.5. The van der Waals surface area contributed by atoms with Crippen LogP contribution in [0.15, 0.2) is 18.2 Å². The van der Waals surface area contributed by atoms with Crippen molar-refractivity contribution in [1.82, 2.24) is 4.90 Å². The third-order valence-electron chi connectivity index (χ3n) is 4.48. The lowest BCUT2D eigenvalue weighted by atomic mass is 9.99. The van der Waals surface area contributed by atoms with Gasteiger partial charge in [-0.2, -0.15) is 0 Å². The van der Waals surface area contributed by atoms with Gasteiger partial charge in [-0.25, -0.2) is 0 Å². The number of ketones is 1. The van der Waals surface area contributed by atoms with Crippen LogP contribution in [0, 0.1) is 5.92 Å². The fourth-order valence-electron chi connectivity index (χ4n) is 2.80. The van der Waals surface area contributed by atoms with E-state index in [4.69, 9.17) is 14.2 Å². The molecule has 25 heavy (non-hydrogen) atoms. The Morgan fingerprint density at radius 2 is 1.88 bits per heavy atom. The summed E-state index contributed by atoms with van der Waals surface area (Å²) in [6, 6.07) is 5.22. The lowest BCUT2D eigenvalue weighted by Crippen LogP contribution is -2.35. The fraction of sp³-hybridized carbons (Fsp3) is 0.632. The summed E-state index contributed by atoms with van der Waals surface area (Å²) in [7, 11) is 1.57. The van der Waals surface area contributed by atoms with Crippen molar-refractivity contribution in [3.05, 3.63) is 23.8 Å². The predicted molar refractivity (Wildman–Crippen MR) is 101 cm³/mol. The average molecular weight is 372 g/mol. The molecule has 1 aromatic carbocycles. The first kappa shape index (κ1) is 21.7. The maximum atomic E-state index is 11.4.